The maximum absolute atomic E-state index is 5.30. The maximum atomic E-state index is 5.30. The zero-order chi connectivity index (χ0) is 12.1. The molecule has 0 aliphatic heterocycles. The Morgan fingerprint density at radius 1 is 1.24 bits per heavy atom. The Morgan fingerprint density at radius 3 is 2.65 bits per heavy atom. The molecule has 0 saturated carbocycles. The van der Waals surface area contributed by atoms with Gasteiger partial charge < -0.3 is 14.6 Å². The van der Waals surface area contributed by atoms with Gasteiger partial charge in [0.15, 0.2) is 5.11 Å². The van der Waals surface area contributed by atoms with E-state index in [1.54, 1.807) is 6.26 Å². The molecule has 2 aromatic rings. The molecule has 0 saturated heterocycles. The summed E-state index contributed by atoms with van der Waals surface area (Å²) in [4.78, 5) is 1.93. The number of benzene rings is 1. The number of para-hydroxylation sites is 1. The van der Waals surface area contributed by atoms with Gasteiger partial charge in [-0.3, -0.25) is 0 Å². The van der Waals surface area contributed by atoms with E-state index in [9.17, 15) is 0 Å². The fourth-order valence-electron chi connectivity index (χ4n) is 1.46. The number of furan rings is 1. The average molecular weight is 246 g/mol. The quantitative estimate of drug-likeness (QED) is 0.843. The van der Waals surface area contributed by atoms with E-state index in [2.05, 4.69) is 5.32 Å². The summed E-state index contributed by atoms with van der Waals surface area (Å²) in [5, 5.41) is 3.82. The number of hydrogen-bond acceptors (Lipinski definition) is 2. The van der Waals surface area contributed by atoms with Gasteiger partial charge in [-0.05, 0) is 36.5 Å². The van der Waals surface area contributed by atoms with Crippen LogP contribution in [0.4, 0.5) is 5.69 Å². The van der Waals surface area contributed by atoms with E-state index in [1.165, 1.54) is 0 Å². The van der Waals surface area contributed by atoms with Crippen LogP contribution in [0.25, 0.3) is 0 Å². The lowest BCUT2D eigenvalue weighted by Crippen LogP contribution is -2.36. The summed E-state index contributed by atoms with van der Waals surface area (Å²) in [6.07, 6.45) is 1.65. The fourth-order valence-corrected chi connectivity index (χ4v) is 1.64. The molecule has 1 aromatic carbocycles. The van der Waals surface area contributed by atoms with Gasteiger partial charge >= 0.3 is 0 Å². The average Bonchev–Trinajstić information content (AvgIpc) is 2.89. The Hall–Kier alpha value is -1.81. The minimum Gasteiger partial charge on any atom is -0.467 e. The molecule has 17 heavy (non-hydrogen) atoms. The van der Waals surface area contributed by atoms with E-state index in [-0.39, 0.29) is 0 Å². The molecule has 1 N–H and O–H groups in total. The summed E-state index contributed by atoms with van der Waals surface area (Å²) in [7, 11) is 1.94. The van der Waals surface area contributed by atoms with Gasteiger partial charge in [0.25, 0.3) is 0 Å². The second-order valence-corrected chi connectivity index (χ2v) is 4.02. The van der Waals surface area contributed by atoms with E-state index in [0.29, 0.717) is 11.7 Å². The summed E-state index contributed by atoms with van der Waals surface area (Å²) in [5.41, 5.74) is 1.06. The molecule has 3 nitrogen and oxygen atoms in total. The molecule has 0 spiro atoms. The van der Waals surface area contributed by atoms with E-state index < -0.39 is 0 Å². The molecule has 88 valence electrons. The van der Waals surface area contributed by atoms with Crippen LogP contribution in [0.15, 0.2) is 53.1 Å². The lowest BCUT2D eigenvalue weighted by molar-refractivity contribution is 0.503. The third-order valence-electron chi connectivity index (χ3n) is 2.44. The first kappa shape index (κ1) is 11.7. The predicted molar refractivity (Wildman–Crippen MR) is 73.0 cm³/mol. The summed E-state index contributed by atoms with van der Waals surface area (Å²) >= 11 is 5.30. The first-order valence-corrected chi connectivity index (χ1v) is 5.77. The molecule has 0 amide bonds. The third kappa shape index (κ3) is 3.07. The zero-order valence-electron chi connectivity index (χ0n) is 9.59. The van der Waals surface area contributed by atoms with Crippen molar-refractivity contribution in [1.82, 2.24) is 5.32 Å². The van der Waals surface area contributed by atoms with Crippen molar-refractivity contribution in [3.63, 3.8) is 0 Å². The second-order valence-electron chi connectivity index (χ2n) is 3.63. The summed E-state index contributed by atoms with van der Waals surface area (Å²) < 4.78 is 5.23. The Morgan fingerprint density at radius 2 is 2.00 bits per heavy atom. The Labute approximate surface area is 106 Å². The van der Waals surface area contributed by atoms with Crippen LogP contribution in [0.1, 0.15) is 5.76 Å². The molecular formula is C13H14N2OS. The molecule has 4 heteroatoms. The number of thiocarbonyl (C=S) groups is 1. The zero-order valence-corrected chi connectivity index (χ0v) is 10.4. The SMILES string of the molecule is CN(C(=S)NCc1ccco1)c1ccccc1. The third-order valence-corrected chi connectivity index (χ3v) is 2.86. The summed E-state index contributed by atoms with van der Waals surface area (Å²) in [6, 6.07) is 13.8. The molecule has 2 rings (SSSR count). The Balaban J connectivity index is 1.92. The van der Waals surface area contributed by atoms with E-state index >= 15 is 0 Å². The highest BCUT2D eigenvalue weighted by atomic mass is 32.1. The van der Waals surface area contributed by atoms with Crippen molar-refractivity contribution in [3.05, 3.63) is 54.5 Å². The van der Waals surface area contributed by atoms with Crippen molar-refractivity contribution in [2.45, 2.75) is 6.54 Å². The van der Waals surface area contributed by atoms with Crippen molar-refractivity contribution >= 4 is 23.0 Å². The normalized spacial score (nSPS) is 9.94. The molecule has 1 heterocycles. The molecule has 0 aliphatic carbocycles. The van der Waals surface area contributed by atoms with E-state index in [4.69, 9.17) is 16.6 Å². The summed E-state index contributed by atoms with van der Waals surface area (Å²) in [5.74, 6) is 0.869. The Bertz CT molecular complexity index is 467. The number of hydrogen-bond donors (Lipinski definition) is 1. The van der Waals surface area contributed by atoms with Gasteiger partial charge in [-0.25, -0.2) is 0 Å². The molecular weight excluding hydrogens is 232 g/mol. The standard InChI is InChI=1S/C13H14N2OS/c1-15(11-6-3-2-4-7-11)13(17)14-10-12-8-5-9-16-12/h2-9H,10H2,1H3,(H,14,17). The van der Waals surface area contributed by atoms with Crippen LogP contribution < -0.4 is 10.2 Å². The van der Waals surface area contributed by atoms with E-state index in [1.807, 2.05) is 54.4 Å². The summed E-state index contributed by atoms with van der Waals surface area (Å²) in [6.45, 7) is 0.600. The highest BCUT2D eigenvalue weighted by Crippen LogP contribution is 2.11. The molecule has 0 unspecified atom stereocenters. The predicted octanol–water partition coefficient (Wildman–Crippen LogP) is 2.79. The first-order valence-electron chi connectivity index (χ1n) is 5.36. The number of anilines is 1. The fraction of sp³-hybridized carbons (Fsp3) is 0.154. The number of nitrogens with one attached hydrogen (secondary N) is 1. The van der Waals surface area contributed by atoms with Gasteiger partial charge in [0.2, 0.25) is 0 Å². The van der Waals surface area contributed by atoms with Crippen molar-refractivity contribution in [1.29, 1.82) is 0 Å². The lowest BCUT2D eigenvalue weighted by atomic mass is 10.3. The van der Waals surface area contributed by atoms with Crippen LogP contribution in [-0.4, -0.2) is 12.2 Å². The maximum Gasteiger partial charge on any atom is 0.173 e. The van der Waals surface area contributed by atoms with Gasteiger partial charge in [0.1, 0.15) is 5.76 Å². The molecule has 0 fully saturated rings. The molecule has 0 aliphatic rings. The highest BCUT2D eigenvalue weighted by molar-refractivity contribution is 7.80. The van der Waals surface area contributed by atoms with Crippen molar-refractivity contribution in [3.8, 4) is 0 Å². The van der Waals surface area contributed by atoms with E-state index in [0.717, 1.165) is 11.4 Å². The van der Waals surface area contributed by atoms with Crippen molar-refractivity contribution < 1.29 is 4.42 Å². The second kappa shape index (κ2) is 5.50. The van der Waals surface area contributed by atoms with Crippen molar-refractivity contribution in [2.24, 2.45) is 0 Å². The monoisotopic (exact) mass is 246 g/mol. The largest absolute Gasteiger partial charge is 0.467 e. The van der Waals surface area contributed by atoms with Gasteiger partial charge in [-0.15, -0.1) is 0 Å². The highest BCUT2D eigenvalue weighted by Gasteiger charge is 2.06. The molecule has 0 atom stereocenters. The number of rotatable bonds is 3. The minimum absolute atomic E-state index is 0.600. The van der Waals surface area contributed by atoms with Crippen LogP contribution in [0.2, 0.25) is 0 Å². The van der Waals surface area contributed by atoms with Gasteiger partial charge in [-0.1, -0.05) is 18.2 Å². The Kier molecular flexibility index (Phi) is 3.77. The minimum atomic E-state index is 0.600. The topological polar surface area (TPSA) is 28.4 Å². The van der Waals surface area contributed by atoms with Gasteiger partial charge in [0, 0.05) is 12.7 Å². The molecule has 0 radical (unpaired) electrons. The molecule has 0 bridgehead atoms. The van der Waals surface area contributed by atoms with Crippen LogP contribution >= 0.6 is 12.2 Å². The van der Waals surface area contributed by atoms with Crippen molar-refractivity contribution in [2.75, 3.05) is 11.9 Å². The number of nitrogens with zero attached hydrogens (tertiary/aromatic N) is 1. The van der Waals surface area contributed by atoms with Crippen LogP contribution in [-0.2, 0) is 6.54 Å². The molecule has 1 aromatic heterocycles. The smallest absolute Gasteiger partial charge is 0.173 e. The van der Waals surface area contributed by atoms with Crippen LogP contribution in [0.3, 0.4) is 0 Å². The van der Waals surface area contributed by atoms with Crippen LogP contribution in [0.5, 0.6) is 0 Å². The van der Waals surface area contributed by atoms with Gasteiger partial charge in [-0.2, -0.15) is 0 Å². The van der Waals surface area contributed by atoms with Crippen LogP contribution in [0, 0.1) is 0 Å². The first-order chi connectivity index (χ1) is 8.27. The lowest BCUT2D eigenvalue weighted by Gasteiger charge is -2.20. The van der Waals surface area contributed by atoms with Gasteiger partial charge in [0.05, 0.1) is 12.8 Å².